The zero-order valence-corrected chi connectivity index (χ0v) is 18.5. The van der Waals surface area contributed by atoms with Crippen LogP contribution in [0.1, 0.15) is 18.7 Å². The van der Waals surface area contributed by atoms with Gasteiger partial charge in [-0.25, -0.2) is 14.4 Å². The minimum atomic E-state index is -0.347. The predicted molar refractivity (Wildman–Crippen MR) is 127 cm³/mol. The van der Waals surface area contributed by atoms with Gasteiger partial charge in [0.25, 0.3) is 0 Å². The van der Waals surface area contributed by atoms with Gasteiger partial charge in [-0.15, -0.1) is 0 Å². The van der Waals surface area contributed by atoms with Gasteiger partial charge in [-0.1, -0.05) is 29.4 Å². The highest BCUT2D eigenvalue weighted by Crippen LogP contribution is 2.36. The molecular weight excluding hydrogens is 419 g/mol. The third-order valence-electron chi connectivity index (χ3n) is 5.84. The number of benzene rings is 2. The molecule has 0 saturated heterocycles. The van der Waals surface area contributed by atoms with Gasteiger partial charge in [0.1, 0.15) is 29.3 Å². The Morgan fingerprint density at radius 2 is 1.79 bits per heavy atom. The number of anilines is 2. The molecular formula is C25H23FN6O. The fraction of sp³-hybridized carbons (Fsp3) is 0.160. The Morgan fingerprint density at radius 1 is 1.03 bits per heavy atom. The summed E-state index contributed by atoms with van der Waals surface area (Å²) in [4.78, 5) is 10.8. The fourth-order valence-corrected chi connectivity index (χ4v) is 3.98. The topological polar surface area (TPSA) is 86.0 Å². The summed E-state index contributed by atoms with van der Waals surface area (Å²) >= 11 is 0. The van der Waals surface area contributed by atoms with Gasteiger partial charge in [0.2, 0.25) is 0 Å². The highest BCUT2D eigenvalue weighted by atomic mass is 19.1. The number of nitrogens with two attached hydrogens (primary N) is 1. The van der Waals surface area contributed by atoms with E-state index in [1.807, 2.05) is 36.7 Å². The van der Waals surface area contributed by atoms with E-state index in [2.05, 4.69) is 39.4 Å². The molecule has 0 fully saturated rings. The van der Waals surface area contributed by atoms with Gasteiger partial charge in [-0.3, -0.25) is 0 Å². The van der Waals surface area contributed by atoms with Crippen LogP contribution in [0, 0.1) is 5.82 Å². The SMILES string of the molecule is CC(c1cc(-c2ccccc2F)no1)n1cc(-c2ccc(N(C)C)cc2)c2c(N)ncnc21. The molecule has 0 saturated carbocycles. The van der Waals surface area contributed by atoms with E-state index in [1.54, 1.807) is 24.3 Å². The maximum Gasteiger partial charge on any atom is 0.159 e. The second-order valence-corrected chi connectivity index (χ2v) is 8.12. The second-order valence-electron chi connectivity index (χ2n) is 8.12. The van der Waals surface area contributed by atoms with Crippen LogP contribution in [-0.2, 0) is 0 Å². The molecule has 0 aliphatic heterocycles. The van der Waals surface area contributed by atoms with Gasteiger partial charge in [-0.2, -0.15) is 0 Å². The summed E-state index contributed by atoms with van der Waals surface area (Å²) in [5.41, 5.74) is 10.8. The van der Waals surface area contributed by atoms with Crippen LogP contribution in [0.25, 0.3) is 33.4 Å². The first-order chi connectivity index (χ1) is 15.9. The van der Waals surface area contributed by atoms with Crippen molar-refractivity contribution < 1.29 is 8.91 Å². The average molecular weight is 442 g/mol. The van der Waals surface area contributed by atoms with Crippen LogP contribution in [0.4, 0.5) is 15.9 Å². The largest absolute Gasteiger partial charge is 0.383 e. The van der Waals surface area contributed by atoms with E-state index in [4.69, 9.17) is 10.3 Å². The van der Waals surface area contributed by atoms with E-state index in [0.717, 1.165) is 22.2 Å². The highest BCUT2D eigenvalue weighted by Gasteiger charge is 2.22. The molecule has 2 aromatic carbocycles. The zero-order valence-electron chi connectivity index (χ0n) is 18.5. The quantitative estimate of drug-likeness (QED) is 0.405. The van der Waals surface area contributed by atoms with Crippen molar-refractivity contribution in [1.82, 2.24) is 19.7 Å². The molecule has 0 aliphatic carbocycles. The Bertz CT molecular complexity index is 1440. The summed E-state index contributed by atoms with van der Waals surface area (Å²) in [5.74, 6) is 0.638. The minimum Gasteiger partial charge on any atom is -0.383 e. The Hall–Kier alpha value is -4.20. The summed E-state index contributed by atoms with van der Waals surface area (Å²) in [5, 5.41) is 4.87. The van der Waals surface area contributed by atoms with Crippen molar-refractivity contribution >= 4 is 22.5 Å². The van der Waals surface area contributed by atoms with Crippen LogP contribution in [-0.4, -0.2) is 33.8 Å². The summed E-state index contributed by atoms with van der Waals surface area (Å²) in [6.07, 6.45) is 3.45. The van der Waals surface area contributed by atoms with Crippen molar-refractivity contribution in [3.8, 4) is 22.4 Å². The molecule has 1 atom stereocenters. The lowest BCUT2D eigenvalue weighted by Gasteiger charge is -2.12. The molecule has 0 spiro atoms. The molecule has 1 unspecified atom stereocenters. The second kappa shape index (κ2) is 8.05. The first kappa shape index (κ1) is 20.7. The molecule has 0 amide bonds. The normalized spacial score (nSPS) is 12.2. The van der Waals surface area contributed by atoms with Crippen LogP contribution >= 0.6 is 0 Å². The smallest absolute Gasteiger partial charge is 0.159 e. The van der Waals surface area contributed by atoms with Crippen LogP contribution in [0.3, 0.4) is 0 Å². The molecule has 3 aromatic heterocycles. The predicted octanol–water partition coefficient (Wildman–Crippen LogP) is 5.15. The third kappa shape index (κ3) is 3.59. The van der Waals surface area contributed by atoms with Crippen LogP contribution in [0.2, 0.25) is 0 Å². The average Bonchev–Trinajstić information content (AvgIpc) is 3.45. The summed E-state index contributed by atoms with van der Waals surface area (Å²) < 4.78 is 21.8. The molecule has 5 rings (SSSR count). The molecule has 7 nitrogen and oxygen atoms in total. The number of aromatic nitrogens is 4. The lowest BCUT2D eigenvalue weighted by Crippen LogP contribution is -2.07. The summed E-state index contributed by atoms with van der Waals surface area (Å²) in [6, 6.07) is 16.2. The molecule has 166 valence electrons. The molecule has 33 heavy (non-hydrogen) atoms. The van der Waals surface area contributed by atoms with Crippen molar-refractivity contribution in [2.45, 2.75) is 13.0 Å². The number of halogens is 1. The number of rotatable bonds is 5. The summed E-state index contributed by atoms with van der Waals surface area (Å²) in [7, 11) is 4.00. The van der Waals surface area contributed by atoms with E-state index >= 15 is 0 Å². The summed E-state index contributed by atoms with van der Waals surface area (Å²) in [6.45, 7) is 1.97. The van der Waals surface area contributed by atoms with Gasteiger partial charge in [0.15, 0.2) is 5.76 Å². The van der Waals surface area contributed by atoms with E-state index in [-0.39, 0.29) is 11.9 Å². The molecule has 0 bridgehead atoms. The van der Waals surface area contributed by atoms with Gasteiger partial charge in [-0.05, 0) is 36.8 Å². The third-order valence-corrected chi connectivity index (χ3v) is 5.84. The molecule has 0 radical (unpaired) electrons. The van der Waals surface area contributed by atoms with E-state index in [0.29, 0.717) is 28.5 Å². The van der Waals surface area contributed by atoms with Crippen molar-refractivity contribution in [2.24, 2.45) is 0 Å². The molecule has 3 heterocycles. The van der Waals surface area contributed by atoms with Crippen molar-refractivity contribution in [3.63, 3.8) is 0 Å². The van der Waals surface area contributed by atoms with Gasteiger partial charge >= 0.3 is 0 Å². The molecule has 2 N–H and O–H groups in total. The van der Waals surface area contributed by atoms with Crippen LogP contribution < -0.4 is 10.6 Å². The number of fused-ring (bicyclic) bond motifs is 1. The number of nitrogens with zero attached hydrogens (tertiary/aromatic N) is 5. The first-order valence-corrected chi connectivity index (χ1v) is 10.5. The Labute approximate surface area is 190 Å². The van der Waals surface area contributed by atoms with Crippen molar-refractivity contribution in [2.75, 3.05) is 24.7 Å². The van der Waals surface area contributed by atoms with E-state index < -0.39 is 0 Å². The Balaban J connectivity index is 1.59. The monoisotopic (exact) mass is 442 g/mol. The molecule has 5 aromatic rings. The molecule has 8 heteroatoms. The van der Waals surface area contributed by atoms with Crippen LogP contribution in [0.15, 0.2) is 71.6 Å². The minimum absolute atomic E-state index is 0.260. The fourth-order valence-electron chi connectivity index (χ4n) is 3.98. The zero-order chi connectivity index (χ0) is 23.1. The lowest BCUT2D eigenvalue weighted by atomic mass is 10.1. The Morgan fingerprint density at radius 3 is 2.52 bits per heavy atom. The Kier molecular flexibility index (Phi) is 5.05. The van der Waals surface area contributed by atoms with E-state index in [9.17, 15) is 4.39 Å². The number of hydrogen-bond donors (Lipinski definition) is 1. The maximum atomic E-state index is 14.2. The van der Waals surface area contributed by atoms with Gasteiger partial charge < -0.3 is 19.7 Å². The first-order valence-electron chi connectivity index (χ1n) is 10.5. The van der Waals surface area contributed by atoms with E-state index in [1.165, 1.54) is 12.4 Å². The number of hydrogen-bond acceptors (Lipinski definition) is 6. The van der Waals surface area contributed by atoms with Crippen molar-refractivity contribution in [3.05, 3.63) is 78.7 Å². The standard InChI is InChI=1S/C25H23FN6O/c1-15(22-12-21(30-33-22)18-6-4-5-7-20(18)26)32-13-19(23-24(27)28-14-29-25(23)32)16-8-10-17(11-9-16)31(2)3/h4-15H,1-3H3,(H2,27,28,29). The number of nitrogen functional groups attached to an aromatic ring is 1. The lowest BCUT2D eigenvalue weighted by molar-refractivity contribution is 0.356. The van der Waals surface area contributed by atoms with Gasteiger partial charge in [0.05, 0.1) is 11.4 Å². The highest BCUT2D eigenvalue weighted by molar-refractivity contribution is 6.00. The van der Waals surface area contributed by atoms with Crippen molar-refractivity contribution in [1.29, 1.82) is 0 Å². The van der Waals surface area contributed by atoms with Crippen LogP contribution in [0.5, 0.6) is 0 Å². The maximum absolute atomic E-state index is 14.2. The molecule has 0 aliphatic rings. The van der Waals surface area contributed by atoms with Gasteiger partial charge in [0, 0.05) is 43.2 Å².